The Morgan fingerprint density at radius 1 is 1.29 bits per heavy atom. The number of nitrogens with one attached hydrogen (secondary N) is 1. The van der Waals surface area contributed by atoms with Crippen molar-refractivity contribution in [2.45, 2.75) is 4.90 Å². The van der Waals surface area contributed by atoms with Gasteiger partial charge >= 0.3 is 5.97 Å². The van der Waals surface area contributed by atoms with Gasteiger partial charge in [-0.25, -0.2) is 18.2 Å². The second-order valence-corrected chi connectivity index (χ2v) is 5.66. The van der Waals surface area contributed by atoms with Crippen molar-refractivity contribution in [1.29, 1.82) is 5.26 Å². The zero-order valence-corrected chi connectivity index (χ0v) is 11.3. The first-order valence-corrected chi connectivity index (χ1v) is 7.13. The average molecular weight is 303 g/mol. The molecule has 7 nitrogen and oxygen atoms in total. The van der Waals surface area contributed by atoms with Gasteiger partial charge in [-0.2, -0.15) is 5.26 Å². The zero-order valence-electron chi connectivity index (χ0n) is 10.5. The highest BCUT2D eigenvalue weighted by molar-refractivity contribution is 7.92. The standard InChI is InChI=1S/C13H9N3O4S/c14-8-9-2-1-3-11(6-9)21(19,20)16-10-4-5-15-12(7-10)13(17)18/h1-7H,(H,15,16)(H,17,18). The normalized spacial score (nSPS) is 10.6. The van der Waals surface area contributed by atoms with Gasteiger partial charge in [-0.15, -0.1) is 0 Å². The van der Waals surface area contributed by atoms with Crippen LogP contribution < -0.4 is 4.72 Å². The molecule has 0 radical (unpaired) electrons. The van der Waals surface area contributed by atoms with Crippen LogP contribution in [0.5, 0.6) is 0 Å². The molecule has 1 aromatic carbocycles. The van der Waals surface area contributed by atoms with E-state index in [0.29, 0.717) is 0 Å². The third kappa shape index (κ3) is 3.34. The maximum Gasteiger partial charge on any atom is 0.354 e. The second kappa shape index (κ2) is 5.60. The fraction of sp³-hybridized carbons (Fsp3) is 0. The Bertz CT molecular complexity index is 840. The van der Waals surface area contributed by atoms with Crippen molar-refractivity contribution in [1.82, 2.24) is 4.98 Å². The van der Waals surface area contributed by atoms with Gasteiger partial charge in [-0.05, 0) is 30.3 Å². The lowest BCUT2D eigenvalue weighted by atomic mass is 10.2. The summed E-state index contributed by atoms with van der Waals surface area (Å²) >= 11 is 0. The summed E-state index contributed by atoms with van der Waals surface area (Å²) in [4.78, 5) is 14.3. The number of nitriles is 1. The largest absolute Gasteiger partial charge is 0.477 e. The molecule has 0 unspecified atom stereocenters. The van der Waals surface area contributed by atoms with Gasteiger partial charge in [0, 0.05) is 6.20 Å². The lowest BCUT2D eigenvalue weighted by Crippen LogP contribution is -2.14. The number of carbonyl (C=O) groups is 1. The molecule has 0 fully saturated rings. The minimum Gasteiger partial charge on any atom is -0.477 e. The molecule has 2 aromatic rings. The Morgan fingerprint density at radius 2 is 2.05 bits per heavy atom. The fourth-order valence-electron chi connectivity index (χ4n) is 1.56. The van der Waals surface area contributed by atoms with Gasteiger partial charge < -0.3 is 5.11 Å². The van der Waals surface area contributed by atoms with Crippen LogP contribution in [0.15, 0.2) is 47.5 Å². The smallest absolute Gasteiger partial charge is 0.354 e. The molecule has 0 aliphatic rings. The third-order valence-electron chi connectivity index (χ3n) is 2.50. The van der Waals surface area contributed by atoms with Gasteiger partial charge in [0.15, 0.2) is 0 Å². The van der Waals surface area contributed by atoms with E-state index in [2.05, 4.69) is 9.71 Å². The second-order valence-electron chi connectivity index (χ2n) is 3.98. The van der Waals surface area contributed by atoms with Crippen LogP contribution in [0.25, 0.3) is 0 Å². The number of benzene rings is 1. The number of nitrogens with zero attached hydrogens (tertiary/aromatic N) is 2. The van der Waals surface area contributed by atoms with Gasteiger partial charge in [0.05, 0.1) is 22.2 Å². The molecule has 0 aliphatic heterocycles. The number of aromatic carboxylic acids is 1. The number of aromatic nitrogens is 1. The molecular weight excluding hydrogens is 294 g/mol. The van der Waals surface area contributed by atoms with Crippen molar-refractivity contribution in [3.05, 3.63) is 53.9 Å². The predicted molar refractivity (Wildman–Crippen MR) is 73.2 cm³/mol. The monoisotopic (exact) mass is 303 g/mol. The Morgan fingerprint density at radius 3 is 2.71 bits per heavy atom. The number of sulfonamides is 1. The molecule has 0 bridgehead atoms. The highest BCUT2D eigenvalue weighted by atomic mass is 32.2. The zero-order chi connectivity index (χ0) is 15.5. The van der Waals surface area contributed by atoms with Crippen molar-refractivity contribution >= 4 is 21.7 Å². The van der Waals surface area contributed by atoms with E-state index in [1.807, 2.05) is 6.07 Å². The van der Waals surface area contributed by atoms with E-state index < -0.39 is 16.0 Å². The maximum atomic E-state index is 12.2. The van der Waals surface area contributed by atoms with E-state index in [9.17, 15) is 13.2 Å². The minimum absolute atomic E-state index is 0.0739. The van der Waals surface area contributed by atoms with Crippen LogP contribution in [0, 0.1) is 11.3 Å². The first-order valence-electron chi connectivity index (χ1n) is 5.65. The first kappa shape index (κ1) is 14.5. The lowest BCUT2D eigenvalue weighted by molar-refractivity contribution is 0.0690. The van der Waals surface area contributed by atoms with Gasteiger partial charge in [0.1, 0.15) is 5.69 Å². The van der Waals surface area contributed by atoms with Crippen molar-refractivity contribution in [3.63, 3.8) is 0 Å². The number of anilines is 1. The molecule has 0 spiro atoms. The first-order chi connectivity index (χ1) is 9.92. The highest BCUT2D eigenvalue weighted by Crippen LogP contribution is 2.17. The van der Waals surface area contributed by atoms with Crippen LogP contribution in [0.3, 0.4) is 0 Å². The van der Waals surface area contributed by atoms with Crippen LogP contribution in [-0.4, -0.2) is 24.5 Å². The summed E-state index contributed by atoms with van der Waals surface area (Å²) in [5.41, 5.74) is 0.00423. The van der Waals surface area contributed by atoms with E-state index in [0.717, 1.165) is 6.07 Å². The number of hydrogen-bond acceptors (Lipinski definition) is 5. The van der Waals surface area contributed by atoms with Crippen molar-refractivity contribution in [2.24, 2.45) is 0 Å². The SMILES string of the molecule is N#Cc1cccc(S(=O)(=O)Nc2ccnc(C(=O)O)c2)c1. The Balaban J connectivity index is 2.35. The number of hydrogen-bond donors (Lipinski definition) is 2. The Kier molecular flexibility index (Phi) is 3.86. The molecule has 106 valence electrons. The predicted octanol–water partition coefficient (Wildman–Crippen LogP) is 1.45. The Labute approximate surface area is 120 Å². The van der Waals surface area contributed by atoms with Crippen molar-refractivity contribution in [3.8, 4) is 6.07 Å². The fourth-order valence-corrected chi connectivity index (χ4v) is 2.65. The number of carboxylic acids is 1. The van der Waals surface area contributed by atoms with E-state index >= 15 is 0 Å². The molecule has 1 heterocycles. The molecule has 0 saturated carbocycles. The van der Waals surface area contributed by atoms with Gasteiger partial charge in [0.25, 0.3) is 10.0 Å². The number of rotatable bonds is 4. The molecule has 0 aliphatic carbocycles. The molecule has 0 saturated heterocycles. The molecule has 8 heteroatoms. The molecule has 1 aromatic heterocycles. The number of pyridine rings is 1. The summed E-state index contributed by atoms with van der Waals surface area (Å²) in [5, 5.41) is 17.6. The molecular formula is C13H9N3O4S. The molecule has 2 N–H and O–H groups in total. The maximum absolute atomic E-state index is 12.2. The highest BCUT2D eigenvalue weighted by Gasteiger charge is 2.15. The Hall–Kier alpha value is -2.92. The summed E-state index contributed by atoms with van der Waals surface area (Å²) in [6, 6.07) is 9.77. The van der Waals surface area contributed by atoms with Gasteiger partial charge in [0.2, 0.25) is 0 Å². The quantitative estimate of drug-likeness (QED) is 0.882. The summed E-state index contributed by atoms with van der Waals surface area (Å²) in [6.45, 7) is 0. The number of carboxylic acid groups (broad SMARTS) is 1. The molecule has 0 amide bonds. The summed E-state index contributed by atoms with van der Waals surface area (Å²) in [7, 11) is -3.91. The lowest BCUT2D eigenvalue weighted by Gasteiger charge is -2.08. The van der Waals surface area contributed by atoms with Crippen LogP contribution in [0.4, 0.5) is 5.69 Å². The van der Waals surface area contributed by atoms with Gasteiger partial charge in [-0.3, -0.25) is 4.72 Å². The molecule has 21 heavy (non-hydrogen) atoms. The molecule has 2 rings (SSSR count). The van der Waals surface area contributed by atoms with E-state index in [4.69, 9.17) is 10.4 Å². The van der Waals surface area contributed by atoms with Crippen LogP contribution in [0.1, 0.15) is 16.1 Å². The van der Waals surface area contributed by atoms with E-state index in [1.54, 1.807) is 0 Å². The summed E-state index contributed by atoms with van der Waals surface area (Å²) in [5.74, 6) is -1.26. The van der Waals surface area contributed by atoms with Crippen LogP contribution in [0.2, 0.25) is 0 Å². The summed E-state index contributed by atoms with van der Waals surface area (Å²) < 4.78 is 26.6. The topological polar surface area (TPSA) is 120 Å². The van der Waals surface area contributed by atoms with Crippen LogP contribution >= 0.6 is 0 Å². The van der Waals surface area contributed by atoms with E-state index in [1.165, 1.54) is 36.5 Å². The third-order valence-corrected chi connectivity index (χ3v) is 3.88. The average Bonchev–Trinajstić information content (AvgIpc) is 2.47. The van der Waals surface area contributed by atoms with E-state index in [-0.39, 0.29) is 21.8 Å². The van der Waals surface area contributed by atoms with Gasteiger partial charge in [-0.1, -0.05) is 6.07 Å². The van der Waals surface area contributed by atoms with Crippen molar-refractivity contribution < 1.29 is 18.3 Å². The minimum atomic E-state index is -3.91. The summed E-state index contributed by atoms with van der Waals surface area (Å²) in [6.07, 6.45) is 1.19. The molecule has 0 atom stereocenters. The van der Waals surface area contributed by atoms with Crippen LogP contribution in [-0.2, 0) is 10.0 Å². The van der Waals surface area contributed by atoms with Crippen molar-refractivity contribution in [2.75, 3.05) is 4.72 Å².